The van der Waals surface area contributed by atoms with Gasteiger partial charge in [-0.25, -0.2) is 9.59 Å². The number of hydrazine groups is 1. The molecule has 3 N–H and O–H groups in total. The minimum Gasteiger partial charge on any atom is -0.482 e. The molecule has 2 aromatic rings. The van der Waals surface area contributed by atoms with E-state index in [1.165, 1.54) is 17.4 Å². The third-order valence-electron chi connectivity index (χ3n) is 3.50. The molecule has 2 heterocycles. The normalized spacial score (nSPS) is 14.3. The number of hydrogen-bond acceptors (Lipinski definition) is 7. The molecule has 0 saturated heterocycles. The Morgan fingerprint density at radius 2 is 1.96 bits per heavy atom. The number of rotatable bonds is 6. The van der Waals surface area contributed by atoms with Crippen LogP contribution < -0.4 is 10.4 Å². The van der Waals surface area contributed by atoms with Crippen molar-refractivity contribution in [1.82, 2.24) is 15.3 Å². The summed E-state index contributed by atoms with van der Waals surface area (Å²) in [5.74, 6) is -2.90. The summed E-state index contributed by atoms with van der Waals surface area (Å²) in [7, 11) is 0. The van der Waals surface area contributed by atoms with E-state index in [9.17, 15) is 9.59 Å². The largest absolute Gasteiger partial charge is 0.482 e. The van der Waals surface area contributed by atoms with Gasteiger partial charge in [-0.1, -0.05) is 18.2 Å². The lowest BCUT2D eigenvalue weighted by Crippen LogP contribution is -2.59. The van der Waals surface area contributed by atoms with Crippen molar-refractivity contribution >= 4 is 40.0 Å². The molecule has 1 aliphatic rings. The number of benzene rings is 1. The van der Waals surface area contributed by atoms with Gasteiger partial charge < -0.3 is 20.4 Å². The quantitative estimate of drug-likeness (QED) is 0.345. The lowest BCUT2D eigenvalue weighted by molar-refractivity contribution is -0.154. The minimum absolute atomic E-state index is 0.460. The summed E-state index contributed by atoms with van der Waals surface area (Å²) in [6.45, 7) is 2.51. The van der Waals surface area contributed by atoms with Gasteiger partial charge in [-0.05, 0) is 47.1 Å². The van der Waals surface area contributed by atoms with Gasteiger partial charge in [0, 0.05) is 6.20 Å². The van der Waals surface area contributed by atoms with Crippen LogP contribution in [0.3, 0.4) is 0 Å². The van der Waals surface area contributed by atoms with Gasteiger partial charge in [0.1, 0.15) is 4.60 Å². The van der Waals surface area contributed by atoms with Crippen molar-refractivity contribution in [2.24, 2.45) is 5.10 Å². The first kappa shape index (κ1) is 21.0. The first-order chi connectivity index (χ1) is 13.4. The van der Waals surface area contributed by atoms with Crippen LogP contribution in [0.5, 0.6) is 0 Å². The van der Waals surface area contributed by atoms with E-state index < -0.39 is 17.5 Å². The molecule has 0 radical (unpaired) electrons. The zero-order valence-corrected chi connectivity index (χ0v) is 16.4. The molecule has 148 valence electrons. The lowest BCUT2D eigenvalue weighted by atomic mass is 9.99. The van der Waals surface area contributed by atoms with E-state index in [1.54, 1.807) is 42.6 Å². The summed E-state index contributed by atoms with van der Waals surface area (Å²) < 4.78 is 5.63. The van der Waals surface area contributed by atoms with Crippen molar-refractivity contribution in [3.63, 3.8) is 0 Å². The minimum atomic E-state index is -2.11. The maximum absolute atomic E-state index is 11.2. The highest BCUT2D eigenvalue weighted by molar-refractivity contribution is 9.10. The number of ether oxygens (including phenoxy) is 1. The molecule has 1 aliphatic heterocycles. The summed E-state index contributed by atoms with van der Waals surface area (Å²) in [5, 5.41) is 27.2. The molecule has 0 fully saturated rings. The number of hydrogen-bond donors (Lipinski definition) is 3. The third-order valence-corrected chi connectivity index (χ3v) is 3.92. The van der Waals surface area contributed by atoms with Crippen LogP contribution in [-0.2, 0) is 14.3 Å². The molecule has 0 unspecified atom stereocenters. The molecule has 0 bridgehead atoms. The Balaban J connectivity index is 0.000000221. The number of nitrogens with zero attached hydrogens (tertiary/aromatic N) is 4. The molecule has 0 spiro atoms. The van der Waals surface area contributed by atoms with Crippen LogP contribution in [0.1, 0.15) is 6.92 Å². The fourth-order valence-electron chi connectivity index (χ4n) is 2.20. The van der Waals surface area contributed by atoms with Crippen molar-refractivity contribution in [3.8, 4) is 0 Å². The average molecular weight is 452 g/mol. The Bertz CT molecular complexity index is 854. The molecule has 3 rings (SSSR count). The SMILES string of the molecule is CCOC=Nn1ccc(Br)n1.O=C(O)C1(C(=O)O)C=CNN1c1ccccc1. The van der Waals surface area contributed by atoms with Gasteiger partial charge in [-0.2, -0.15) is 4.79 Å². The van der Waals surface area contributed by atoms with Crippen molar-refractivity contribution < 1.29 is 24.5 Å². The van der Waals surface area contributed by atoms with Gasteiger partial charge in [0.05, 0.1) is 18.5 Å². The first-order valence-electron chi connectivity index (χ1n) is 8.03. The highest BCUT2D eigenvalue weighted by atomic mass is 79.9. The number of carbonyl (C=O) groups is 2. The highest BCUT2D eigenvalue weighted by Gasteiger charge is 2.53. The van der Waals surface area contributed by atoms with Gasteiger partial charge in [0.15, 0.2) is 6.40 Å². The molecular formula is C17H18BrN5O5. The molecule has 28 heavy (non-hydrogen) atoms. The van der Waals surface area contributed by atoms with Crippen molar-refractivity contribution in [2.45, 2.75) is 12.5 Å². The number of nitrogens with one attached hydrogen (secondary N) is 1. The van der Waals surface area contributed by atoms with Crippen molar-refractivity contribution in [2.75, 3.05) is 11.6 Å². The van der Waals surface area contributed by atoms with Crippen LogP contribution in [0.25, 0.3) is 0 Å². The van der Waals surface area contributed by atoms with E-state index in [4.69, 9.17) is 14.9 Å². The Morgan fingerprint density at radius 3 is 2.50 bits per heavy atom. The van der Waals surface area contributed by atoms with Crippen molar-refractivity contribution in [1.29, 1.82) is 0 Å². The summed E-state index contributed by atoms with van der Waals surface area (Å²) in [6, 6.07) is 10.2. The van der Waals surface area contributed by atoms with Gasteiger partial charge in [-0.3, -0.25) is 5.01 Å². The standard InChI is InChI=1S/C11H10N2O4.C6H8BrN3O/c14-9(15)11(10(16)17)6-7-12-13(11)8-4-2-1-3-5-8;1-2-11-5-8-10-4-3-6(7)9-10/h1-7,12H,(H,14,15)(H,16,17);3-5H,2H2,1H3. The van der Waals surface area contributed by atoms with Crippen LogP contribution >= 0.6 is 15.9 Å². The maximum Gasteiger partial charge on any atom is 0.347 e. The molecule has 0 aliphatic carbocycles. The predicted molar refractivity (Wildman–Crippen MR) is 105 cm³/mol. The summed E-state index contributed by atoms with van der Waals surface area (Å²) >= 11 is 3.19. The van der Waals surface area contributed by atoms with E-state index in [1.807, 2.05) is 6.92 Å². The fourth-order valence-corrected chi connectivity index (χ4v) is 2.48. The molecule has 11 heteroatoms. The Labute approximate surface area is 168 Å². The molecule has 0 atom stereocenters. The molecule has 0 saturated carbocycles. The number of carboxylic acids is 2. The zero-order valence-electron chi connectivity index (χ0n) is 14.8. The lowest BCUT2D eigenvalue weighted by Gasteiger charge is -2.31. The molecule has 1 aromatic heterocycles. The van der Waals surface area contributed by atoms with E-state index in [0.29, 0.717) is 12.3 Å². The van der Waals surface area contributed by atoms with Crippen molar-refractivity contribution in [3.05, 3.63) is 59.5 Å². The van der Waals surface area contributed by atoms with Crippen LogP contribution in [0.4, 0.5) is 5.69 Å². The smallest absolute Gasteiger partial charge is 0.347 e. The second-order valence-electron chi connectivity index (χ2n) is 5.25. The van der Waals surface area contributed by atoms with E-state index in [-0.39, 0.29) is 0 Å². The van der Waals surface area contributed by atoms with E-state index in [0.717, 1.165) is 15.7 Å². The second-order valence-corrected chi connectivity index (χ2v) is 6.06. The van der Waals surface area contributed by atoms with Gasteiger partial charge >= 0.3 is 11.9 Å². The first-order valence-corrected chi connectivity index (χ1v) is 8.82. The number of anilines is 1. The molecular weight excluding hydrogens is 434 g/mol. The van der Waals surface area contributed by atoms with Crippen LogP contribution in [-0.4, -0.2) is 50.6 Å². The zero-order chi connectivity index (χ0) is 20.6. The average Bonchev–Trinajstić information content (AvgIpc) is 3.30. The third kappa shape index (κ3) is 4.68. The summed E-state index contributed by atoms with van der Waals surface area (Å²) in [4.78, 5) is 23.9. The number of aromatic nitrogens is 2. The maximum atomic E-state index is 11.2. The van der Waals surface area contributed by atoms with E-state index >= 15 is 0 Å². The number of carboxylic acid groups (broad SMARTS) is 2. The summed E-state index contributed by atoms with van der Waals surface area (Å²) in [6.07, 6.45) is 5.49. The second kappa shape index (κ2) is 9.55. The van der Waals surface area contributed by atoms with Gasteiger partial charge in [-0.15, -0.1) is 10.2 Å². The number of halogens is 1. The van der Waals surface area contributed by atoms with Gasteiger partial charge in [0.25, 0.3) is 5.54 Å². The number of aliphatic carboxylic acids is 2. The van der Waals surface area contributed by atoms with Crippen LogP contribution in [0, 0.1) is 0 Å². The van der Waals surface area contributed by atoms with Crippen LogP contribution in [0.2, 0.25) is 0 Å². The Kier molecular flexibility index (Phi) is 7.15. The topological polar surface area (TPSA) is 129 Å². The molecule has 10 nitrogen and oxygen atoms in total. The highest BCUT2D eigenvalue weighted by Crippen LogP contribution is 2.27. The molecule has 1 aromatic carbocycles. The Hall–Kier alpha value is -3.34. The molecule has 0 amide bonds. The Morgan fingerprint density at radius 1 is 1.29 bits per heavy atom. The fraction of sp³-hybridized carbons (Fsp3) is 0.176. The predicted octanol–water partition coefficient (Wildman–Crippen LogP) is 1.91. The van der Waals surface area contributed by atoms with Gasteiger partial charge in [0.2, 0.25) is 0 Å². The van der Waals surface area contributed by atoms with Crippen LogP contribution in [0.15, 0.2) is 64.6 Å². The van der Waals surface area contributed by atoms with E-state index in [2.05, 4.69) is 31.6 Å². The monoisotopic (exact) mass is 451 g/mol. The number of para-hydroxylation sites is 1. The summed E-state index contributed by atoms with van der Waals surface area (Å²) in [5.41, 5.74) is 0.968.